The second-order valence-corrected chi connectivity index (χ2v) is 6.72. The number of benzene rings is 1. The van der Waals surface area contributed by atoms with Gasteiger partial charge in [-0.25, -0.2) is 4.98 Å². The van der Waals surface area contributed by atoms with E-state index in [0.29, 0.717) is 4.88 Å². The number of ether oxygens (including phenoxy) is 2. The Morgan fingerprint density at radius 3 is 2.78 bits per heavy atom. The van der Waals surface area contributed by atoms with Crippen molar-refractivity contribution < 1.29 is 14.3 Å². The van der Waals surface area contributed by atoms with Crippen molar-refractivity contribution in [1.29, 1.82) is 0 Å². The van der Waals surface area contributed by atoms with Crippen LogP contribution in [0.2, 0.25) is 0 Å². The van der Waals surface area contributed by atoms with Gasteiger partial charge in [-0.15, -0.1) is 11.3 Å². The van der Waals surface area contributed by atoms with E-state index in [0.717, 1.165) is 48.2 Å². The molecule has 0 N–H and O–H groups in total. The highest BCUT2D eigenvalue weighted by molar-refractivity contribution is 7.16. The van der Waals surface area contributed by atoms with Crippen molar-refractivity contribution >= 4 is 17.2 Å². The first kappa shape index (κ1) is 14.5. The Kier molecular flexibility index (Phi) is 3.66. The molecule has 6 nitrogen and oxygen atoms in total. The van der Waals surface area contributed by atoms with Crippen molar-refractivity contribution in [3.8, 4) is 22.1 Å². The van der Waals surface area contributed by atoms with E-state index in [-0.39, 0.29) is 12.7 Å². The van der Waals surface area contributed by atoms with Gasteiger partial charge in [0.2, 0.25) is 6.79 Å². The van der Waals surface area contributed by atoms with Gasteiger partial charge < -0.3 is 19.3 Å². The van der Waals surface area contributed by atoms with Gasteiger partial charge in [0.05, 0.1) is 6.20 Å². The first-order chi connectivity index (χ1) is 11.2. The molecule has 1 saturated heterocycles. The number of fused-ring (bicyclic) bond motifs is 1. The number of thiazole rings is 1. The van der Waals surface area contributed by atoms with E-state index in [1.807, 2.05) is 23.1 Å². The van der Waals surface area contributed by atoms with Gasteiger partial charge in [0.15, 0.2) is 11.5 Å². The second kappa shape index (κ2) is 5.82. The van der Waals surface area contributed by atoms with Gasteiger partial charge in [0.25, 0.3) is 5.91 Å². The van der Waals surface area contributed by atoms with E-state index >= 15 is 0 Å². The molecule has 1 amide bonds. The molecule has 23 heavy (non-hydrogen) atoms. The van der Waals surface area contributed by atoms with Crippen molar-refractivity contribution in [2.24, 2.45) is 0 Å². The summed E-state index contributed by atoms with van der Waals surface area (Å²) in [6.07, 6.45) is 1.67. The number of amides is 1. The lowest BCUT2D eigenvalue weighted by Crippen LogP contribution is -2.46. The molecule has 0 unspecified atom stereocenters. The molecule has 0 atom stereocenters. The van der Waals surface area contributed by atoms with Crippen LogP contribution in [0.4, 0.5) is 0 Å². The minimum absolute atomic E-state index is 0.0718. The largest absolute Gasteiger partial charge is 0.454 e. The van der Waals surface area contributed by atoms with Crippen molar-refractivity contribution in [2.45, 2.75) is 0 Å². The molecule has 2 aliphatic heterocycles. The van der Waals surface area contributed by atoms with E-state index in [2.05, 4.69) is 16.9 Å². The van der Waals surface area contributed by atoms with Crippen LogP contribution in [0.15, 0.2) is 24.4 Å². The Labute approximate surface area is 138 Å². The Hall–Kier alpha value is -2.12. The zero-order valence-corrected chi connectivity index (χ0v) is 13.6. The molecule has 120 valence electrons. The predicted octanol–water partition coefficient (Wildman–Crippen LogP) is 1.93. The van der Waals surface area contributed by atoms with Gasteiger partial charge in [-0.2, -0.15) is 0 Å². The van der Waals surface area contributed by atoms with E-state index in [1.165, 1.54) is 11.3 Å². The fourth-order valence-electron chi connectivity index (χ4n) is 2.70. The minimum Gasteiger partial charge on any atom is -0.454 e. The van der Waals surface area contributed by atoms with E-state index in [1.54, 1.807) is 6.20 Å². The summed E-state index contributed by atoms with van der Waals surface area (Å²) in [5.74, 6) is 1.55. The van der Waals surface area contributed by atoms with E-state index in [4.69, 9.17) is 9.47 Å². The third kappa shape index (κ3) is 2.77. The standard InChI is InChI=1S/C16H17N3O3S/c1-18-4-6-19(7-5-18)16(20)14-9-17-15(23-14)11-2-3-12-13(8-11)22-10-21-12/h2-3,8-9H,4-7,10H2,1H3. The molecule has 0 radical (unpaired) electrons. The highest BCUT2D eigenvalue weighted by atomic mass is 32.1. The number of nitrogens with zero attached hydrogens (tertiary/aromatic N) is 3. The lowest BCUT2D eigenvalue weighted by Gasteiger charge is -2.31. The molecular weight excluding hydrogens is 314 g/mol. The first-order valence-electron chi connectivity index (χ1n) is 7.54. The highest BCUT2D eigenvalue weighted by Gasteiger charge is 2.23. The molecule has 0 bridgehead atoms. The highest BCUT2D eigenvalue weighted by Crippen LogP contribution is 2.37. The summed E-state index contributed by atoms with van der Waals surface area (Å²) >= 11 is 1.42. The zero-order chi connectivity index (χ0) is 15.8. The molecule has 3 heterocycles. The van der Waals surface area contributed by atoms with Crippen molar-refractivity contribution in [1.82, 2.24) is 14.8 Å². The van der Waals surface area contributed by atoms with Crippen molar-refractivity contribution in [3.63, 3.8) is 0 Å². The number of hydrogen-bond donors (Lipinski definition) is 0. The Bertz CT molecular complexity index is 738. The van der Waals surface area contributed by atoms with E-state index < -0.39 is 0 Å². The average Bonchev–Trinajstić information content (AvgIpc) is 3.23. The van der Waals surface area contributed by atoms with Crippen molar-refractivity contribution in [2.75, 3.05) is 40.0 Å². The SMILES string of the molecule is CN1CCN(C(=O)c2cnc(-c3ccc4c(c3)OCO4)s2)CC1. The summed E-state index contributed by atoms with van der Waals surface area (Å²) in [6, 6.07) is 5.72. The van der Waals surface area contributed by atoms with Gasteiger partial charge in [0, 0.05) is 31.7 Å². The number of hydrogen-bond acceptors (Lipinski definition) is 6. The fraction of sp³-hybridized carbons (Fsp3) is 0.375. The lowest BCUT2D eigenvalue weighted by atomic mass is 10.2. The Morgan fingerprint density at radius 1 is 1.17 bits per heavy atom. The molecule has 7 heteroatoms. The summed E-state index contributed by atoms with van der Waals surface area (Å²) in [5.41, 5.74) is 0.941. The van der Waals surface area contributed by atoms with Gasteiger partial charge >= 0.3 is 0 Å². The summed E-state index contributed by atoms with van der Waals surface area (Å²) in [4.78, 5) is 21.8. The van der Waals surface area contributed by atoms with Gasteiger partial charge in [-0.1, -0.05) is 0 Å². The maximum absolute atomic E-state index is 12.6. The topological polar surface area (TPSA) is 54.9 Å². The quantitative estimate of drug-likeness (QED) is 0.842. The number of likely N-dealkylation sites (N-methyl/N-ethyl adjacent to an activating group) is 1. The maximum atomic E-state index is 12.6. The summed E-state index contributed by atoms with van der Waals surface area (Å²) in [5, 5.41) is 0.820. The summed E-state index contributed by atoms with van der Waals surface area (Å²) in [6.45, 7) is 3.63. The maximum Gasteiger partial charge on any atom is 0.265 e. The predicted molar refractivity (Wildman–Crippen MR) is 87.1 cm³/mol. The van der Waals surface area contributed by atoms with E-state index in [9.17, 15) is 4.79 Å². The molecular formula is C16H17N3O3S. The lowest BCUT2D eigenvalue weighted by molar-refractivity contribution is 0.0668. The Balaban J connectivity index is 1.53. The smallest absolute Gasteiger partial charge is 0.265 e. The average molecular weight is 331 g/mol. The zero-order valence-electron chi connectivity index (χ0n) is 12.8. The summed E-state index contributed by atoms with van der Waals surface area (Å²) < 4.78 is 10.7. The molecule has 1 fully saturated rings. The molecule has 0 aliphatic carbocycles. The van der Waals surface area contributed by atoms with Gasteiger partial charge in [0.1, 0.15) is 9.88 Å². The van der Waals surface area contributed by atoms with Crippen molar-refractivity contribution in [3.05, 3.63) is 29.3 Å². The second-order valence-electron chi connectivity index (χ2n) is 5.69. The molecule has 4 rings (SSSR count). The molecule has 0 saturated carbocycles. The van der Waals surface area contributed by atoms with Crippen LogP contribution in [0.3, 0.4) is 0 Å². The van der Waals surface area contributed by atoms with Crippen LogP contribution in [0, 0.1) is 0 Å². The minimum atomic E-state index is 0.0718. The number of aromatic nitrogens is 1. The molecule has 2 aromatic rings. The van der Waals surface area contributed by atoms with Crippen LogP contribution >= 0.6 is 11.3 Å². The fourth-order valence-corrected chi connectivity index (χ4v) is 3.58. The number of piperazine rings is 1. The normalized spacial score (nSPS) is 17.5. The van der Waals surface area contributed by atoms with Gasteiger partial charge in [-0.3, -0.25) is 4.79 Å². The van der Waals surface area contributed by atoms with Crippen LogP contribution < -0.4 is 9.47 Å². The summed E-state index contributed by atoms with van der Waals surface area (Å²) in [7, 11) is 2.08. The van der Waals surface area contributed by atoms with Crippen LogP contribution in [-0.2, 0) is 0 Å². The number of carbonyl (C=O) groups is 1. The third-order valence-corrected chi connectivity index (χ3v) is 5.16. The molecule has 1 aromatic heterocycles. The third-order valence-electron chi connectivity index (χ3n) is 4.13. The number of rotatable bonds is 2. The molecule has 2 aliphatic rings. The number of carbonyl (C=O) groups excluding carboxylic acids is 1. The molecule has 0 spiro atoms. The van der Waals surface area contributed by atoms with Crippen LogP contribution in [0.25, 0.3) is 10.6 Å². The Morgan fingerprint density at radius 2 is 1.96 bits per heavy atom. The molecule has 1 aromatic carbocycles. The van der Waals surface area contributed by atoms with Crippen LogP contribution in [0.5, 0.6) is 11.5 Å². The first-order valence-corrected chi connectivity index (χ1v) is 8.36. The van der Waals surface area contributed by atoms with Gasteiger partial charge in [-0.05, 0) is 25.2 Å². The van der Waals surface area contributed by atoms with Crippen LogP contribution in [0.1, 0.15) is 9.67 Å². The van der Waals surface area contributed by atoms with Crippen LogP contribution in [-0.4, -0.2) is 60.7 Å². The monoisotopic (exact) mass is 331 g/mol.